The fourth-order valence-electron chi connectivity index (χ4n) is 2.50. The van der Waals surface area contributed by atoms with Gasteiger partial charge in [0.1, 0.15) is 5.75 Å². The Balaban J connectivity index is 2.54. The van der Waals surface area contributed by atoms with Gasteiger partial charge in [0.15, 0.2) is 6.10 Å². The predicted molar refractivity (Wildman–Crippen MR) is 71.6 cm³/mol. The van der Waals surface area contributed by atoms with Crippen LogP contribution in [0.2, 0.25) is 5.02 Å². The van der Waals surface area contributed by atoms with Crippen molar-refractivity contribution in [1.29, 1.82) is 0 Å². The zero-order chi connectivity index (χ0) is 14.0. The van der Waals surface area contributed by atoms with Gasteiger partial charge >= 0.3 is 5.97 Å². The van der Waals surface area contributed by atoms with Crippen molar-refractivity contribution < 1.29 is 19.4 Å². The van der Waals surface area contributed by atoms with E-state index in [0.717, 1.165) is 36.8 Å². The summed E-state index contributed by atoms with van der Waals surface area (Å²) in [5.74, 6) is -0.356. The Hall–Kier alpha value is -1.26. The van der Waals surface area contributed by atoms with Gasteiger partial charge in [0.05, 0.1) is 19.2 Å². The summed E-state index contributed by atoms with van der Waals surface area (Å²) in [7, 11) is 2.71. The van der Waals surface area contributed by atoms with Crippen LogP contribution >= 0.6 is 11.6 Å². The van der Waals surface area contributed by atoms with Crippen LogP contribution in [0.4, 0.5) is 0 Å². The molecule has 1 aliphatic rings. The predicted octanol–water partition coefficient (Wildman–Crippen LogP) is 2.43. The van der Waals surface area contributed by atoms with Gasteiger partial charge in [0, 0.05) is 5.56 Å². The van der Waals surface area contributed by atoms with Gasteiger partial charge in [-0.3, -0.25) is 0 Å². The van der Waals surface area contributed by atoms with Crippen LogP contribution in [0.3, 0.4) is 0 Å². The van der Waals surface area contributed by atoms with E-state index in [1.807, 2.05) is 0 Å². The van der Waals surface area contributed by atoms with Crippen LogP contribution in [0.15, 0.2) is 6.07 Å². The largest absolute Gasteiger partial charge is 0.495 e. The molecule has 1 atom stereocenters. The highest BCUT2D eigenvalue weighted by atomic mass is 35.5. The van der Waals surface area contributed by atoms with Gasteiger partial charge in [0.25, 0.3) is 0 Å². The lowest BCUT2D eigenvalue weighted by Gasteiger charge is -2.22. The van der Waals surface area contributed by atoms with Crippen molar-refractivity contribution >= 4 is 17.6 Å². The summed E-state index contributed by atoms with van der Waals surface area (Å²) < 4.78 is 9.82. The first kappa shape index (κ1) is 14.2. The average molecular weight is 285 g/mol. The Morgan fingerprint density at radius 2 is 2.05 bits per heavy atom. The molecule has 0 aromatic heterocycles. The number of ether oxygens (including phenoxy) is 2. The van der Waals surface area contributed by atoms with Gasteiger partial charge in [-0.1, -0.05) is 11.6 Å². The Morgan fingerprint density at radius 3 is 2.68 bits per heavy atom. The van der Waals surface area contributed by atoms with Crippen LogP contribution in [0, 0.1) is 0 Å². The summed E-state index contributed by atoms with van der Waals surface area (Å²) in [5, 5.41) is 10.5. The number of aliphatic hydroxyl groups is 1. The van der Waals surface area contributed by atoms with Crippen molar-refractivity contribution in [2.24, 2.45) is 0 Å². The zero-order valence-electron chi connectivity index (χ0n) is 11.0. The molecule has 0 bridgehead atoms. The standard InChI is InChI=1S/C14H17ClO4/c1-18-13-10(12(16)14(17)19-2)7-8-5-3-4-6-9(8)11(13)15/h7,12,16H,3-6H2,1-2H3. The van der Waals surface area contributed by atoms with E-state index < -0.39 is 12.1 Å². The fraction of sp³-hybridized carbons (Fsp3) is 0.500. The lowest BCUT2D eigenvalue weighted by molar-refractivity contribution is -0.150. The monoisotopic (exact) mass is 284 g/mol. The highest BCUT2D eigenvalue weighted by molar-refractivity contribution is 6.33. The summed E-state index contributed by atoms with van der Waals surface area (Å²) in [5.41, 5.74) is 2.51. The Morgan fingerprint density at radius 1 is 1.37 bits per heavy atom. The number of benzene rings is 1. The first-order valence-corrected chi connectivity index (χ1v) is 6.62. The van der Waals surface area contributed by atoms with E-state index >= 15 is 0 Å². The second-order valence-corrected chi connectivity index (χ2v) is 4.96. The molecule has 19 heavy (non-hydrogen) atoms. The van der Waals surface area contributed by atoms with Gasteiger partial charge in [-0.05, 0) is 42.9 Å². The quantitative estimate of drug-likeness (QED) is 0.866. The summed E-state index contributed by atoms with van der Waals surface area (Å²) in [6.45, 7) is 0. The summed E-state index contributed by atoms with van der Waals surface area (Å²) in [6, 6.07) is 1.81. The Labute approximate surface area is 117 Å². The molecule has 104 valence electrons. The molecule has 1 unspecified atom stereocenters. The lowest BCUT2D eigenvalue weighted by atomic mass is 9.88. The molecule has 1 aliphatic carbocycles. The molecule has 0 saturated heterocycles. The SMILES string of the molecule is COC(=O)C(O)c1cc2c(c(Cl)c1OC)CCCC2. The lowest BCUT2D eigenvalue weighted by Crippen LogP contribution is -2.16. The maximum absolute atomic E-state index is 11.5. The van der Waals surface area contributed by atoms with E-state index in [4.69, 9.17) is 16.3 Å². The number of hydrogen-bond acceptors (Lipinski definition) is 4. The molecule has 1 aromatic rings. The van der Waals surface area contributed by atoms with E-state index in [2.05, 4.69) is 4.74 Å². The number of aryl methyl sites for hydroxylation is 1. The number of carbonyl (C=O) groups is 1. The molecule has 0 spiro atoms. The highest BCUT2D eigenvalue weighted by Crippen LogP contribution is 2.40. The molecular formula is C14H17ClO4. The molecule has 1 N–H and O–H groups in total. The first-order valence-electron chi connectivity index (χ1n) is 6.24. The molecule has 0 heterocycles. The summed E-state index contributed by atoms with van der Waals surface area (Å²) in [6.07, 6.45) is 2.61. The molecule has 1 aromatic carbocycles. The maximum atomic E-state index is 11.5. The van der Waals surface area contributed by atoms with E-state index in [1.165, 1.54) is 14.2 Å². The van der Waals surface area contributed by atoms with Crippen LogP contribution < -0.4 is 4.74 Å². The number of rotatable bonds is 3. The van der Waals surface area contributed by atoms with Crippen LogP contribution in [-0.4, -0.2) is 25.3 Å². The van der Waals surface area contributed by atoms with Crippen LogP contribution in [0.25, 0.3) is 0 Å². The molecule has 0 saturated carbocycles. The van der Waals surface area contributed by atoms with Crippen LogP contribution in [-0.2, 0) is 22.4 Å². The van der Waals surface area contributed by atoms with E-state index in [1.54, 1.807) is 6.07 Å². The number of methoxy groups -OCH3 is 2. The molecular weight excluding hydrogens is 268 g/mol. The third kappa shape index (κ3) is 2.55. The third-order valence-electron chi connectivity index (χ3n) is 3.49. The zero-order valence-corrected chi connectivity index (χ0v) is 11.8. The Bertz CT molecular complexity index is 499. The second kappa shape index (κ2) is 5.80. The number of halogens is 1. The van der Waals surface area contributed by atoms with Gasteiger partial charge in [-0.25, -0.2) is 4.79 Å². The number of esters is 1. The highest BCUT2D eigenvalue weighted by Gasteiger charge is 2.27. The molecule has 0 aliphatic heterocycles. The van der Waals surface area contributed by atoms with Crippen LogP contribution in [0.1, 0.15) is 35.6 Å². The van der Waals surface area contributed by atoms with E-state index in [-0.39, 0.29) is 0 Å². The summed E-state index contributed by atoms with van der Waals surface area (Å²) >= 11 is 6.34. The van der Waals surface area contributed by atoms with Gasteiger partial charge < -0.3 is 14.6 Å². The third-order valence-corrected chi connectivity index (χ3v) is 3.89. The second-order valence-electron chi connectivity index (χ2n) is 4.58. The van der Waals surface area contributed by atoms with Gasteiger partial charge in [0.2, 0.25) is 0 Å². The molecule has 0 fully saturated rings. The molecule has 5 heteroatoms. The minimum atomic E-state index is -1.37. The number of carbonyl (C=O) groups excluding carboxylic acids is 1. The minimum Gasteiger partial charge on any atom is -0.495 e. The first-order chi connectivity index (χ1) is 9.10. The molecule has 2 rings (SSSR count). The number of hydrogen-bond donors (Lipinski definition) is 1. The van der Waals surface area contributed by atoms with Crippen molar-refractivity contribution in [2.45, 2.75) is 31.8 Å². The van der Waals surface area contributed by atoms with Crippen molar-refractivity contribution in [3.05, 3.63) is 27.8 Å². The number of aliphatic hydroxyl groups excluding tert-OH is 1. The van der Waals surface area contributed by atoms with Gasteiger partial charge in [-0.15, -0.1) is 0 Å². The van der Waals surface area contributed by atoms with E-state index in [0.29, 0.717) is 16.3 Å². The average Bonchev–Trinajstić information content (AvgIpc) is 2.45. The summed E-state index contributed by atoms with van der Waals surface area (Å²) in [4.78, 5) is 11.5. The normalized spacial score (nSPS) is 15.6. The Kier molecular flexibility index (Phi) is 4.32. The molecule has 0 amide bonds. The molecule has 4 nitrogen and oxygen atoms in total. The maximum Gasteiger partial charge on any atom is 0.339 e. The van der Waals surface area contributed by atoms with E-state index in [9.17, 15) is 9.90 Å². The smallest absolute Gasteiger partial charge is 0.339 e. The number of fused-ring (bicyclic) bond motifs is 1. The van der Waals surface area contributed by atoms with Gasteiger partial charge in [-0.2, -0.15) is 0 Å². The van der Waals surface area contributed by atoms with Crippen molar-refractivity contribution in [2.75, 3.05) is 14.2 Å². The fourth-order valence-corrected chi connectivity index (χ4v) is 2.91. The van der Waals surface area contributed by atoms with Crippen molar-refractivity contribution in [1.82, 2.24) is 0 Å². The molecule has 0 radical (unpaired) electrons. The topological polar surface area (TPSA) is 55.8 Å². The minimum absolute atomic E-state index is 0.361. The van der Waals surface area contributed by atoms with Crippen molar-refractivity contribution in [3.8, 4) is 5.75 Å². The van der Waals surface area contributed by atoms with Crippen LogP contribution in [0.5, 0.6) is 5.75 Å². The van der Waals surface area contributed by atoms with Crippen molar-refractivity contribution in [3.63, 3.8) is 0 Å².